The molecule has 0 aromatic heterocycles. The fourth-order valence-corrected chi connectivity index (χ4v) is 1.32. The van der Waals surface area contributed by atoms with E-state index in [1.165, 1.54) is 25.7 Å². The van der Waals surface area contributed by atoms with Crippen molar-refractivity contribution in [3.05, 3.63) is 36.5 Å². The van der Waals surface area contributed by atoms with E-state index in [1.54, 1.807) is 0 Å². The second kappa shape index (κ2) is 13.9. The van der Waals surface area contributed by atoms with Gasteiger partial charge in [0.15, 0.2) is 0 Å². The van der Waals surface area contributed by atoms with Gasteiger partial charge in [0.25, 0.3) is 0 Å². The highest BCUT2D eigenvalue weighted by molar-refractivity contribution is 5.51. The van der Waals surface area contributed by atoms with E-state index in [1.807, 2.05) is 12.2 Å². The highest BCUT2D eigenvalue weighted by Gasteiger charge is 1.80. The van der Waals surface area contributed by atoms with Gasteiger partial charge < -0.3 is 4.79 Å². The van der Waals surface area contributed by atoms with Gasteiger partial charge in [0.1, 0.15) is 6.29 Å². The highest BCUT2D eigenvalue weighted by atomic mass is 16.1. The standard InChI is InChI=1S/C15H24O/c1-2-3-4-5-6-7-8-9-10-11-12-13-14-15-16/h6-7,9-10,12-13,15H,2-5,8,11,14H2,1H3/b7-6?,10-9?,13-12-. The van der Waals surface area contributed by atoms with Gasteiger partial charge in [-0.3, -0.25) is 0 Å². The van der Waals surface area contributed by atoms with Gasteiger partial charge in [-0.2, -0.15) is 0 Å². The van der Waals surface area contributed by atoms with Crippen molar-refractivity contribution < 1.29 is 4.79 Å². The summed E-state index contributed by atoms with van der Waals surface area (Å²) in [6.07, 6.45) is 21.3. The predicted molar refractivity (Wildman–Crippen MR) is 71.5 cm³/mol. The van der Waals surface area contributed by atoms with Crippen molar-refractivity contribution in [3.8, 4) is 0 Å². The van der Waals surface area contributed by atoms with E-state index >= 15 is 0 Å². The van der Waals surface area contributed by atoms with Crippen molar-refractivity contribution in [1.82, 2.24) is 0 Å². The van der Waals surface area contributed by atoms with Crippen molar-refractivity contribution in [1.29, 1.82) is 0 Å². The molecule has 0 fully saturated rings. The summed E-state index contributed by atoms with van der Waals surface area (Å²) in [7, 11) is 0. The smallest absolute Gasteiger partial charge is 0.123 e. The first-order chi connectivity index (χ1) is 7.91. The number of rotatable bonds is 10. The molecular formula is C15H24O. The number of aldehydes is 1. The normalized spacial score (nSPS) is 12.1. The molecule has 1 heteroatoms. The molecule has 0 atom stereocenters. The SMILES string of the molecule is CCCCCC=CCC=CC/C=C\CC=O. The van der Waals surface area contributed by atoms with Crippen molar-refractivity contribution in [2.45, 2.75) is 51.9 Å². The maximum atomic E-state index is 10.0. The Morgan fingerprint density at radius 2 is 1.31 bits per heavy atom. The second-order valence-electron chi connectivity index (χ2n) is 3.78. The number of allylic oxidation sites excluding steroid dienone is 6. The molecule has 0 saturated carbocycles. The number of unbranched alkanes of at least 4 members (excludes halogenated alkanes) is 3. The van der Waals surface area contributed by atoms with Crippen LogP contribution in [0, 0.1) is 0 Å². The monoisotopic (exact) mass is 220 g/mol. The summed E-state index contributed by atoms with van der Waals surface area (Å²) in [6.45, 7) is 2.23. The lowest BCUT2D eigenvalue weighted by Crippen LogP contribution is -1.70. The van der Waals surface area contributed by atoms with Crippen LogP contribution in [0.5, 0.6) is 0 Å². The lowest BCUT2D eigenvalue weighted by atomic mass is 10.2. The molecule has 0 bridgehead atoms. The molecule has 0 amide bonds. The van der Waals surface area contributed by atoms with Crippen LogP contribution in [-0.4, -0.2) is 6.29 Å². The van der Waals surface area contributed by atoms with E-state index in [4.69, 9.17) is 0 Å². The molecule has 0 aliphatic carbocycles. The molecule has 0 rings (SSSR count). The van der Waals surface area contributed by atoms with E-state index in [9.17, 15) is 4.79 Å². The first-order valence-electron chi connectivity index (χ1n) is 6.30. The highest BCUT2D eigenvalue weighted by Crippen LogP contribution is 2.00. The minimum absolute atomic E-state index is 0.533. The molecule has 0 aromatic rings. The van der Waals surface area contributed by atoms with Gasteiger partial charge in [-0.15, -0.1) is 0 Å². The predicted octanol–water partition coefficient (Wildman–Crippen LogP) is 4.60. The van der Waals surface area contributed by atoms with Gasteiger partial charge in [0.2, 0.25) is 0 Å². The molecule has 0 aromatic carbocycles. The van der Waals surface area contributed by atoms with Crippen LogP contribution < -0.4 is 0 Å². The van der Waals surface area contributed by atoms with Crippen molar-refractivity contribution in [3.63, 3.8) is 0 Å². The molecular weight excluding hydrogens is 196 g/mol. The molecule has 90 valence electrons. The maximum Gasteiger partial charge on any atom is 0.123 e. The van der Waals surface area contributed by atoms with E-state index < -0.39 is 0 Å². The van der Waals surface area contributed by atoms with Crippen molar-refractivity contribution >= 4 is 6.29 Å². The van der Waals surface area contributed by atoms with Gasteiger partial charge in [-0.1, -0.05) is 56.2 Å². The van der Waals surface area contributed by atoms with E-state index in [0.29, 0.717) is 6.42 Å². The zero-order valence-electron chi connectivity index (χ0n) is 10.4. The van der Waals surface area contributed by atoms with Crippen LogP contribution in [0.25, 0.3) is 0 Å². The number of hydrogen-bond acceptors (Lipinski definition) is 1. The molecule has 0 radical (unpaired) electrons. The summed E-state index contributed by atoms with van der Waals surface area (Å²) in [5, 5.41) is 0. The Morgan fingerprint density at radius 1 is 0.750 bits per heavy atom. The van der Waals surface area contributed by atoms with Crippen LogP contribution in [0.3, 0.4) is 0 Å². The van der Waals surface area contributed by atoms with Crippen molar-refractivity contribution in [2.24, 2.45) is 0 Å². The first-order valence-corrected chi connectivity index (χ1v) is 6.30. The average molecular weight is 220 g/mol. The maximum absolute atomic E-state index is 10.0. The Balaban J connectivity index is 3.29. The number of carbonyl (C=O) groups excluding carboxylic acids is 1. The van der Waals surface area contributed by atoms with Gasteiger partial charge in [0, 0.05) is 6.42 Å². The van der Waals surface area contributed by atoms with Crippen LogP contribution in [0.1, 0.15) is 51.9 Å². The van der Waals surface area contributed by atoms with Gasteiger partial charge in [-0.25, -0.2) is 0 Å². The molecule has 16 heavy (non-hydrogen) atoms. The lowest BCUT2D eigenvalue weighted by molar-refractivity contribution is -0.107. The Kier molecular flexibility index (Phi) is 12.9. The summed E-state index contributed by atoms with van der Waals surface area (Å²) >= 11 is 0. The summed E-state index contributed by atoms with van der Waals surface area (Å²) in [5.74, 6) is 0. The van der Waals surface area contributed by atoms with Crippen LogP contribution in [0.15, 0.2) is 36.5 Å². The fourth-order valence-electron chi connectivity index (χ4n) is 1.32. The molecule has 0 saturated heterocycles. The number of hydrogen-bond donors (Lipinski definition) is 0. The zero-order valence-corrected chi connectivity index (χ0v) is 10.4. The molecule has 0 aliphatic heterocycles. The summed E-state index contributed by atoms with van der Waals surface area (Å²) in [4.78, 5) is 10.0. The van der Waals surface area contributed by atoms with Crippen LogP contribution >= 0.6 is 0 Å². The Labute approximate surface area is 99.9 Å². The summed E-state index contributed by atoms with van der Waals surface area (Å²) in [6, 6.07) is 0. The largest absolute Gasteiger partial charge is 0.303 e. The van der Waals surface area contributed by atoms with E-state index in [2.05, 4.69) is 31.2 Å². The van der Waals surface area contributed by atoms with E-state index in [0.717, 1.165) is 19.1 Å². The molecule has 0 unspecified atom stereocenters. The quantitative estimate of drug-likeness (QED) is 0.298. The Hall–Kier alpha value is -1.11. The van der Waals surface area contributed by atoms with Gasteiger partial charge in [-0.05, 0) is 25.7 Å². The minimum atomic E-state index is 0.533. The van der Waals surface area contributed by atoms with E-state index in [-0.39, 0.29) is 0 Å². The third kappa shape index (κ3) is 12.9. The average Bonchev–Trinajstić information content (AvgIpc) is 2.31. The third-order valence-corrected chi connectivity index (χ3v) is 2.25. The molecule has 0 aliphatic rings. The minimum Gasteiger partial charge on any atom is -0.303 e. The third-order valence-electron chi connectivity index (χ3n) is 2.25. The van der Waals surface area contributed by atoms with Gasteiger partial charge >= 0.3 is 0 Å². The van der Waals surface area contributed by atoms with Gasteiger partial charge in [0.05, 0.1) is 0 Å². The summed E-state index contributed by atoms with van der Waals surface area (Å²) in [5.41, 5.74) is 0. The van der Waals surface area contributed by atoms with Crippen LogP contribution in [0.4, 0.5) is 0 Å². The second-order valence-corrected chi connectivity index (χ2v) is 3.78. The Morgan fingerprint density at radius 3 is 1.88 bits per heavy atom. The zero-order chi connectivity index (χ0) is 11.9. The lowest BCUT2D eigenvalue weighted by Gasteiger charge is -1.90. The fraction of sp³-hybridized carbons (Fsp3) is 0.533. The summed E-state index contributed by atoms with van der Waals surface area (Å²) < 4.78 is 0. The molecule has 0 spiro atoms. The van der Waals surface area contributed by atoms with Crippen molar-refractivity contribution in [2.75, 3.05) is 0 Å². The molecule has 0 heterocycles. The Bertz CT molecular complexity index is 224. The number of carbonyl (C=O) groups is 1. The topological polar surface area (TPSA) is 17.1 Å². The first kappa shape index (κ1) is 14.9. The molecule has 0 N–H and O–H groups in total. The van der Waals surface area contributed by atoms with Crippen LogP contribution in [0.2, 0.25) is 0 Å². The molecule has 1 nitrogen and oxygen atoms in total. The van der Waals surface area contributed by atoms with Crippen LogP contribution in [-0.2, 0) is 4.79 Å².